The lowest BCUT2D eigenvalue weighted by molar-refractivity contribution is -0.137. The number of rotatable bonds is 6. The Balaban J connectivity index is 0.000000416. The van der Waals surface area contributed by atoms with E-state index in [0.29, 0.717) is 30.8 Å². The summed E-state index contributed by atoms with van der Waals surface area (Å²) < 4.78 is 37.6. The second-order valence-corrected chi connectivity index (χ2v) is 6.62. The van der Waals surface area contributed by atoms with Crippen LogP contribution in [-0.2, 0) is 22.3 Å². The molecule has 0 saturated carbocycles. The van der Waals surface area contributed by atoms with Gasteiger partial charge in [-0.2, -0.15) is 13.2 Å². The lowest BCUT2D eigenvalue weighted by atomic mass is 10.1. The molecule has 1 atom stereocenters. The lowest BCUT2D eigenvalue weighted by Gasteiger charge is -2.32. The number of hydrogen-bond donors (Lipinski definition) is 3. The molecule has 9 heteroatoms. The van der Waals surface area contributed by atoms with Gasteiger partial charge in [0.2, 0.25) is 0 Å². The van der Waals surface area contributed by atoms with Crippen LogP contribution in [0.3, 0.4) is 0 Å². The van der Waals surface area contributed by atoms with Crippen molar-refractivity contribution in [2.24, 2.45) is 0 Å². The van der Waals surface area contributed by atoms with Gasteiger partial charge in [-0.15, -0.1) is 0 Å². The van der Waals surface area contributed by atoms with Crippen LogP contribution in [0.1, 0.15) is 31.4 Å². The molecule has 1 saturated heterocycles. The SMILES string of the molecule is CC(C)N(Cc1ccc(C(F)(F)F)cc1)[C@H]1CCNC1.O=C(O)/C=C/C(=O)O. The fourth-order valence-electron chi connectivity index (χ4n) is 2.81. The Morgan fingerprint density at radius 3 is 2.07 bits per heavy atom. The maximum atomic E-state index is 12.5. The summed E-state index contributed by atoms with van der Waals surface area (Å²) in [7, 11) is 0. The molecular weight excluding hydrogens is 377 g/mol. The number of aliphatic carboxylic acids is 2. The smallest absolute Gasteiger partial charge is 0.416 e. The van der Waals surface area contributed by atoms with Gasteiger partial charge in [-0.1, -0.05) is 12.1 Å². The van der Waals surface area contributed by atoms with E-state index < -0.39 is 23.7 Å². The van der Waals surface area contributed by atoms with E-state index in [-0.39, 0.29) is 0 Å². The van der Waals surface area contributed by atoms with Crippen LogP contribution in [0.25, 0.3) is 0 Å². The van der Waals surface area contributed by atoms with Crippen molar-refractivity contribution in [3.05, 3.63) is 47.5 Å². The van der Waals surface area contributed by atoms with Gasteiger partial charge in [0.1, 0.15) is 0 Å². The normalized spacial score (nSPS) is 17.0. The van der Waals surface area contributed by atoms with Crippen molar-refractivity contribution in [3.8, 4) is 0 Å². The van der Waals surface area contributed by atoms with Gasteiger partial charge in [0.25, 0.3) is 0 Å². The summed E-state index contributed by atoms with van der Waals surface area (Å²) in [6.07, 6.45) is -2.05. The molecule has 0 amide bonds. The van der Waals surface area contributed by atoms with E-state index in [0.717, 1.165) is 25.1 Å². The fourth-order valence-corrected chi connectivity index (χ4v) is 2.81. The molecule has 0 spiro atoms. The summed E-state index contributed by atoms with van der Waals surface area (Å²) >= 11 is 0. The van der Waals surface area contributed by atoms with Crippen molar-refractivity contribution in [2.75, 3.05) is 13.1 Å². The minimum Gasteiger partial charge on any atom is -0.478 e. The Morgan fingerprint density at radius 1 is 1.18 bits per heavy atom. The highest BCUT2D eigenvalue weighted by atomic mass is 19.4. The molecule has 1 aliphatic heterocycles. The quantitative estimate of drug-likeness (QED) is 0.634. The standard InChI is InChI=1S/C15H21F3N2.C4H4O4/c1-11(2)20(14-7-8-19-9-14)10-12-3-5-13(6-4-12)15(16,17)18;5-3(6)1-2-4(7)8/h3-6,11,14,19H,7-10H2,1-2H3;1-2H,(H,5,6)(H,7,8)/b;2-1+/t14-;/m0./s1. The Hall–Kier alpha value is -2.39. The van der Waals surface area contributed by atoms with Crippen molar-refractivity contribution < 1.29 is 33.0 Å². The minimum atomic E-state index is -4.26. The molecule has 0 aromatic heterocycles. The summed E-state index contributed by atoms with van der Waals surface area (Å²) in [4.78, 5) is 21.5. The molecule has 156 valence electrons. The number of carbonyl (C=O) groups is 2. The molecule has 28 heavy (non-hydrogen) atoms. The highest BCUT2D eigenvalue weighted by Crippen LogP contribution is 2.29. The molecular formula is C19H25F3N2O4. The average Bonchev–Trinajstić information content (AvgIpc) is 3.12. The number of nitrogens with zero attached hydrogens (tertiary/aromatic N) is 1. The number of hydrogen-bond acceptors (Lipinski definition) is 4. The maximum absolute atomic E-state index is 12.5. The van der Waals surface area contributed by atoms with Crippen LogP contribution in [0.2, 0.25) is 0 Å². The van der Waals surface area contributed by atoms with Gasteiger partial charge in [0, 0.05) is 37.3 Å². The van der Waals surface area contributed by atoms with Crippen molar-refractivity contribution in [2.45, 2.75) is 45.1 Å². The Bertz CT molecular complexity index is 651. The van der Waals surface area contributed by atoms with Gasteiger partial charge in [-0.25, -0.2) is 9.59 Å². The third-order valence-electron chi connectivity index (χ3n) is 4.18. The first kappa shape index (κ1) is 23.6. The first-order chi connectivity index (χ1) is 13.0. The van der Waals surface area contributed by atoms with Crippen LogP contribution in [-0.4, -0.2) is 52.2 Å². The molecule has 1 heterocycles. The largest absolute Gasteiger partial charge is 0.478 e. The number of alkyl halides is 3. The van der Waals surface area contributed by atoms with Crippen LogP contribution in [0.15, 0.2) is 36.4 Å². The van der Waals surface area contributed by atoms with Crippen LogP contribution in [0.5, 0.6) is 0 Å². The highest BCUT2D eigenvalue weighted by molar-refractivity contribution is 5.89. The molecule has 0 radical (unpaired) electrons. The van der Waals surface area contributed by atoms with Crippen molar-refractivity contribution in [3.63, 3.8) is 0 Å². The van der Waals surface area contributed by atoms with E-state index >= 15 is 0 Å². The molecule has 0 unspecified atom stereocenters. The number of nitrogens with one attached hydrogen (secondary N) is 1. The first-order valence-electron chi connectivity index (χ1n) is 8.77. The van der Waals surface area contributed by atoms with Gasteiger partial charge in [0.05, 0.1) is 5.56 Å². The van der Waals surface area contributed by atoms with Crippen LogP contribution < -0.4 is 5.32 Å². The van der Waals surface area contributed by atoms with E-state index in [1.807, 2.05) is 0 Å². The van der Waals surface area contributed by atoms with E-state index in [2.05, 4.69) is 24.1 Å². The van der Waals surface area contributed by atoms with Crippen LogP contribution in [0.4, 0.5) is 13.2 Å². The number of carboxylic acids is 2. The van der Waals surface area contributed by atoms with Gasteiger partial charge < -0.3 is 15.5 Å². The highest BCUT2D eigenvalue weighted by Gasteiger charge is 2.30. The Kier molecular flexibility index (Phi) is 9.14. The zero-order chi connectivity index (χ0) is 21.3. The summed E-state index contributed by atoms with van der Waals surface area (Å²) in [5.74, 6) is -2.51. The third kappa shape index (κ3) is 8.53. The molecule has 0 bridgehead atoms. The van der Waals surface area contributed by atoms with Crippen LogP contribution in [0, 0.1) is 0 Å². The molecule has 2 rings (SSSR count). The number of benzene rings is 1. The second-order valence-electron chi connectivity index (χ2n) is 6.62. The van der Waals surface area contributed by atoms with E-state index in [1.165, 1.54) is 12.1 Å². The summed E-state index contributed by atoms with van der Waals surface area (Å²) in [5.41, 5.74) is 0.346. The van der Waals surface area contributed by atoms with E-state index in [4.69, 9.17) is 10.2 Å². The van der Waals surface area contributed by atoms with Gasteiger partial charge >= 0.3 is 18.1 Å². The average molecular weight is 402 g/mol. The third-order valence-corrected chi connectivity index (χ3v) is 4.18. The monoisotopic (exact) mass is 402 g/mol. The second kappa shape index (κ2) is 10.8. The summed E-state index contributed by atoms with van der Waals surface area (Å²) in [6, 6.07) is 6.35. The minimum absolute atomic E-state index is 0.377. The predicted octanol–water partition coefficient (Wildman–Crippen LogP) is 2.99. The van der Waals surface area contributed by atoms with Gasteiger partial charge in [0.15, 0.2) is 0 Å². The lowest BCUT2D eigenvalue weighted by Crippen LogP contribution is -2.41. The van der Waals surface area contributed by atoms with Crippen molar-refractivity contribution >= 4 is 11.9 Å². The fraction of sp³-hybridized carbons (Fsp3) is 0.474. The Morgan fingerprint density at radius 2 is 1.71 bits per heavy atom. The number of halogens is 3. The topological polar surface area (TPSA) is 89.9 Å². The predicted molar refractivity (Wildman–Crippen MR) is 97.8 cm³/mol. The van der Waals surface area contributed by atoms with E-state index in [9.17, 15) is 22.8 Å². The first-order valence-corrected chi connectivity index (χ1v) is 8.77. The molecule has 3 N–H and O–H groups in total. The summed E-state index contributed by atoms with van der Waals surface area (Å²) in [6.45, 7) is 6.92. The summed E-state index contributed by atoms with van der Waals surface area (Å²) in [5, 5.41) is 19.0. The van der Waals surface area contributed by atoms with Crippen molar-refractivity contribution in [1.29, 1.82) is 0 Å². The van der Waals surface area contributed by atoms with E-state index in [1.54, 1.807) is 12.1 Å². The molecule has 1 aliphatic rings. The number of carboxylic acid groups (broad SMARTS) is 2. The van der Waals surface area contributed by atoms with Crippen LogP contribution >= 0.6 is 0 Å². The molecule has 1 aromatic carbocycles. The molecule has 1 aromatic rings. The molecule has 0 aliphatic carbocycles. The van der Waals surface area contributed by atoms with Crippen molar-refractivity contribution in [1.82, 2.24) is 10.2 Å². The zero-order valence-corrected chi connectivity index (χ0v) is 15.7. The van der Waals surface area contributed by atoms with Gasteiger partial charge in [-0.05, 0) is 44.5 Å². The Labute approximate surface area is 161 Å². The maximum Gasteiger partial charge on any atom is 0.416 e. The zero-order valence-electron chi connectivity index (χ0n) is 15.7. The van der Waals surface area contributed by atoms with Gasteiger partial charge in [-0.3, -0.25) is 4.90 Å². The molecule has 1 fully saturated rings. The molecule has 6 nitrogen and oxygen atoms in total.